The van der Waals surface area contributed by atoms with Crippen LogP contribution >= 0.6 is 22.6 Å². The highest BCUT2D eigenvalue weighted by molar-refractivity contribution is 14.1. The van der Waals surface area contributed by atoms with Gasteiger partial charge in [-0.3, -0.25) is 0 Å². The fourth-order valence-electron chi connectivity index (χ4n) is 0.851. The van der Waals surface area contributed by atoms with E-state index in [2.05, 4.69) is 22.6 Å². The van der Waals surface area contributed by atoms with Crippen LogP contribution in [0.2, 0.25) is 0 Å². The number of rotatable bonds is 1. The number of amides is 1. The standard InChI is InChI=1S/C9H10INO/c1-11(2)9(12)7-3-5-8(10)6-4-7/h3-6H,1-2H3/q+1. The maximum atomic E-state index is 11.4. The molecular weight excluding hydrogens is 265 g/mol. The average molecular weight is 275 g/mol. The maximum absolute atomic E-state index is 11.4. The molecule has 2 nitrogen and oxygen atoms in total. The topological polar surface area (TPSA) is 23.0 Å². The normalized spacial score (nSPS) is 10.3. The van der Waals surface area contributed by atoms with Crippen LogP contribution in [0.4, 0.5) is 0 Å². The van der Waals surface area contributed by atoms with E-state index in [0.29, 0.717) is 0 Å². The third-order valence-electron chi connectivity index (χ3n) is 1.50. The van der Waals surface area contributed by atoms with E-state index in [1.165, 1.54) is 0 Å². The molecule has 0 heterocycles. The van der Waals surface area contributed by atoms with Crippen molar-refractivity contribution >= 4 is 28.5 Å². The van der Waals surface area contributed by atoms with Crippen molar-refractivity contribution in [3.8, 4) is 0 Å². The van der Waals surface area contributed by atoms with Gasteiger partial charge < -0.3 is 0 Å². The van der Waals surface area contributed by atoms with Gasteiger partial charge >= 0.3 is 5.91 Å². The molecule has 0 unspecified atom stereocenters. The summed E-state index contributed by atoms with van der Waals surface area (Å²) in [4.78, 5) is 13.0. The molecule has 0 saturated carbocycles. The predicted octanol–water partition coefficient (Wildman–Crippen LogP) is 1.83. The van der Waals surface area contributed by atoms with Crippen molar-refractivity contribution < 1.29 is 4.79 Å². The van der Waals surface area contributed by atoms with Crippen molar-refractivity contribution in [2.24, 2.45) is 0 Å². The first-order valence-corrected chi connectivity index (χ1v) is 4.66. The Bertz CT molecular complexity index is 279. The zero-order valence-electron chi connectivity index (χ0n) is 7.04. The van der Waals surface area contributed by atoms with Crippen LogP contribution in [0.25, 0.3) is 0 Å². The van der Waals surface area contributed by atoms with E-state index in [9.17, 15) is 4.79 Å². The van der Waals surface area contributed by atoms with Crippen LogP contribution in [0, 0.1) is 3.57 Å². The molecule has 0 atom stereocenters. The van der Waals surface area contributed by atoms with Gasteiger partial charge in [0, 0.05) is 3.57 Å². The smallest absolute Gasteiger partial charge is 0.220 e. The van der Waals surface area contributed by atoms with Gasteiger partial charge in [-0.05, 0) is 46.9 Å². The Kier molecular flexibility index (Phi) is 3.22. The first kappa shape index (κ1) is 9.67. The number of carbonyl (C=O) groups is 1. The quantitative estimate of drug-likeness (QED) is 0.566. The lowest BCUT2D eigenvalue weighted by atomic mass is 10.2. The summed E-state index contributed by atoms with van der Waals surface area (Å²) >= 11 is 2.21. The van der Waals surface area contributed by atoms with E-state index in [-0.39, 0.29) is 5.91 Å². The summed E-state index contributed by atoms with van der Waals surface area (Å²) in [6.07, 6.45) is 0. The third-order valence-corrected chi connectivity index (χ3v) is 2.22. The number of carbonyl (C=O) groups excluding carboxylic acids is 1. The number of benzene rings is 1. The van der Waals surface area contributed by atoms with E-state index in [0.717, 1.165) is 9.13 Å². The molecule has 1 aromatic rings. The van der Waals surface area contributed by atoms with Crippen molar-refractivity contribution in [1.29, 1.82) is 0 Å². The molecule has 0 aliphatic carbocycles. The Morgan fingerprint density at radius 2 is 1.75 bits per heavy atom. The van der Waals surface area contributed by atoms with Gasteiger partial charge in [0.05, 0.1) is 5.56 Å². The predicted molar refractivity (Wildman–Crippen MR) is 57.5 cm³/mol. The summed E-state index contributed by atoms with van der Waals surface area (Å²) in [6, 6.07) is 7.53. The Morgan fingerprint density at radius 1 is 1.25 bits per heavy atom. The highest BCUT2D eigenvalue weighted by Gasteiger charge is 2.16. The van der Waals surface area contributed by atoms with Gasteiger partial charge in [0.15, 0.2) is 0 Å². The lowest BCUT2D eigenvalue weighted by Crippen LogP contribution is -2.27. The van der Waals surface area contributed by atoms with Gasteiger partial charge in [0.25, 0.3) is 0 Å². The molecule has 1 rings (SSSR count). The van der Waals surface area contributed by atoms with Crippen LogP contribution in [0.3, 0.4) is 0 Å². The van der Waals surface area contributed by atoms with Crippen LogP contribution in [0.5, 0.6) is 0 Å². The third kappa shape index (κ3) is 2.28. The van der Waals surface area contributed by atoms with E-state index in [1.54, 1.807) is 19.0 Å². The molecule has 0 fully saturated rings. The van der Waals surface area contributed by atoms with E-state index < -0.39 is 0 Å². The van der Waals surface area contributed by atoms with Crippen LogP contribution in [-0.2, 0) is 0 Å². The Morgan fingerprint density at radius 3 is 2.17 bits per heavy atom. The zero-order chi connectivity index (χ0) is 9.14. The van der Waals surface area contributed by atoms with Crippen molar-refractivity contribution in [1.82, 2.24) is 4.90 Å². The molecule has 3 heteroatoms. The van der Waals surface area contributed by atoms with Crippen molar-refractivity contribution in [2.75, 3.05) is 14.1 Å². The average Bonchev–Trinajstić information content (AvgIpc) is 2.04. The van der Waals surface area contributed by atoms with E-state index in [1.807, 2.05) is 24.3 Å². The van der Waals surface area contributed by atoms with Crippen molar-refractivity contribution in [3.05, 3.63) is 33.4 Å². The van der Waals surface area contributed by atoms with Crippen LogP contribution in [0.15, 0.2) is 24.3 Å². The minimum atomic E-state index is 0.0476. The molecule has 0 saturated heterocycles. The van der Waals surface area contributed by atoms with Crippen molar-refractivity contribution in [2.45, 2.75) is 0 Å². The highest BCUT2D eigenvalue weighted by Crippen LogP contribution is 2.07. The fourth-order valence-corrected chi connectivity index (χ4v) is 1.21. The molecule has 0 spiro atoms. The van der Waals surface area contributed by atoms with Gasteiger partial charge in [-0.25, -0.2) is 4.79 Å². The lowest BCUT2D eigenvalue weighted by molar-refractivity contribution is 0.0904. The summed E-state index contributed by atoms with van der Waals surface area (Å²) in [5.41, 5.74) is 0.736. The molecule has 63 valence electrons. The van der Waals surface area contributed by atoms with Crippen LogP contribution < -0.4 is 4.90 Å². The summed E-state index contributed by atoms with van der Waals surface area (Å²) in [7, 11) is 3.50. The summed E-state index contributed by atoms with van der Waals surface area (Å²) in [5, 5.41) is 0. The van der Waals surface area contributed by atoms with Crippen LogP contribution in [0.1, 0.15) is 10.4 Å². The molecule has 0 aliphatic rings. The number of hydrogen-bond acceptors (Lipinski definition) is 1. The van der Waals surface area contributed by atoms with Crippen LogP contribution in [-0.4, -0.2) is 20.0 Å². The molecule has 0 aliphatic heterocycles. The molecule has 0 N–H and O–H groups in total. The van der Waals surface area contributed by atoms with E-state index >= 15 is 0 Å². The Balaban J connectivity index is 2.90. The first-order chi connectivity index (χ1) is 5.61. The zero-order valence-corrected chi connectivity index (χ0v) is 9.20. The van der Waals surface area contributed by atoms with Gasteiger partial charge in [-0.2, -0.15) is 0 Å². The fraction of sp³-hybridized carbons (Fsp3) is 0.222. The Hall–Kier alpha value is -0.420. The largest absolute Gasteiger partial charge is 0.392 e. The molecule has 12 heavy (non-hydrogen) atoms. The second-order valence-electron chi connectivity index (χ2n) is 2.71. The molecule has 1 radical (unpaired) electrons. The van der Waals surface area contributed by atoms with E-state index in [4.69, 9.17) is 0 Å². The number of halogens is 1. The molecule has 1 amide bonds. The second-order valence-corrected chi connectivity index (χ2v) is 3.95. The monoisotopic (exact) mass is 275 g/mol. The van der Waals surface area contributed by atoms with Gasteiger partial charge in [-0.1, -0.05) is 0 Å². The maximum Gasteiger partial charge on any atom is 0.392 e. The number of hydrogen-bond donors (Lipinski definition) is 0. The summed E-state index contributed by atoms with van der Waals surface area (Å²) in [5.74, 6) is 0.0476. The molecular formula is C9H10INO+. The SMILES string of the molecule is C[N+](C)C(=O)c1ccc(I)cc1. The first-order valence-electron chi connectivity index (χ1n) is 3.58. The van der Waals surface area contributed by atoms with Gasteiger partial charge in [0.1, 0.15) is 14.1 Å². The molecule has 0 aromatic heterocycles. The van der Waals surface area contributed by atoms with Gasteiger partial charge in [-0.15, -0.1) is 4.90 Å². The minimum absolute atomic E-state index is 0.0476. The van der Waals surface area contributed by atoms with Gasteiger partial charge in [0.2, 0.25) is 0 Å². The second kappa shape index (κ2) is 4.00. The Labute approximate surface area is 85.7 Å². The number of nitrogens with zero attached hydrogens (tertiary/aromatic N) is 1. The minimum Gasteiger partial charge on any atom is -0.220 e. The van der Waals surface area contributed by atoms with Crippen molar-refractivity contribution in [3.63, 3.8) is 0 Å². The molecule has 0 bridgehead atoms. The summed E-state index contributed by atoms with van der Waals surface area (Å²) < 4.78 is 1.14. The lowest BCUT2D eigenvalue weighted by Gasteiger charge is -1.97. The summed E-state index contributed by atoms with van der Waals surface area (Å²) in [6.45, 7) is 0. The molecule has 1 aromatic carbocycles. The highest BCUT2D eigenvalue weighted by atomic mass is 127.